The number of unbranched alkanes of at least 4 members (excludes halogenated alkanes) is 1. The van der Waals surface area contributed by atoms with Gasteiger partial charge in [0.25, 0.3) is 0 Å². The van der Waals surface area contributed by atoms with Crippen LogP contribution in [0.4, 0.5) is 0 Å². The molecule has 2 heteroatoms. The molecular formula is C15H16ClN. The fourth-order valence-electron chi connectivity index (χ4n) is 1.92. The predicted molar refractivity (Wildman–Crippen MR) is 73.3 cm³/mol. The molecule has 0 aliphatic rings. The van der Waals surface area contributed by atoms with Gasteiger partial charge in [-0.15, -0.1) is 0 Å². The molecule has 1 heterocycles. The molecule has 0 fully saturated rings. The predicted octanol–water partition coefficient (Wildman–Crippen LogP) is 4.74. The molecule has 88 valence electrons. The topological polar surface area (TPSA) is 12.9 Å². The number of benzene rings is 1. The summed E-state index contributed by atoms with van der Waals surface area (Å²) in [5.74, 6) is 0. The van der Waals surface area contributed by atoms with Crippen LogP contribution in [-0.2, 0) is 6.42 Å². The summed E-state index contributed by atoms with van der Waals surface area (Å²) in [7, 11) is 0. The molecule has 0 atom stereocenters. The van der Waals surface area contributed by atoms with Gasteiger partial charge in [0.2, 0.25) is 0 Å². The third-order valence-electron chi connectivity index (χ3n) is 2.84. The van der Waals surface area contributed by atoms with Gasteiger partial charge >= 0.3 is 0 Å². The van der Waals surface area contributed by atoms with Gasteiger partial charge in [0.15, 0.2) is 0 Å². The van der Waals surface area contributed by atoms with Crippen molar-refractivity contribution in [3.8, 4) is 11.1 Å². The highest BCUT2D eigenvalue weighted by Gasteiger charge is 2.05. The van der Waals surface area contributed by atoms with Gasteiger partial charge in [-0.1, -0.05) is 37.1 Å². The van der Waals surface area contributed by atoms with Gasteiger partial charge in [-0.25, -0.2) is 0 Å². The summed E-state index contributed by atoms with van der Waals surface area (Å²) in [6.07, 6.45) is 7.18. The van der Waals surface area contributed by atoms with Crippen molar-refractivity contribution in [1.82, 2.24) is 4.98 Å². The van der Waals surface area contributed by atoms with E-state index in [0.717, 1.165) is 17.0 Å². The van der Waals surface area contributed by atoms with Crippen LogP contribution in [-0.4, -0.2) is 4.98 Å². The maximum Gasteiger partial charge on any atom is 0.0412 e. The first kappa shape index (κ1) is 12.1. The quantitative estimate of drug-likeness (QED) is 0.758. The van der Waals surface area contributed by atoms with Gasteiger partial charge in [-0.3, -0.25) is 4.98 Å². The Bertz CT molecular complexity index is 480. The second kappa shape index (κ2) is 5.83. The zero-order valence-corrected chi connectivity index (χ0v) is 10.7. The number of aryl methyl sites for hydroxylation is 1. The summed E-state index contributed by atoms with van der Waals surface area (Å²) >= 11 is 6.08. The summed E-state index contributed by atoms with van der Waals surface area (Å²) in [6.45, 7) is 2.21. The van der Waals surface area contributed by atoms with Crippen molar-refractivity contribution < 1.29 is 0 Å². The van der Waals surface area contributed by atoms with Crippen molar-refractivity contribution in [3.63, 3.8) is 0 Å². The molecule has 0 aliphatic carbocycles. The van der Waals surface area contributed by atoms with E-state index in [1.165, 1.54) is 24.0 Å². The lowest BCUT2D eigenvalue weighted by atomic mass is 9.97. The highest BCUT2D eigenvalue weighted by Crippen LogP contribution is 2.27. The Hall–Kier alpha value is -1.34. The van der Waals surface area contributed by atoms with E-state index in [0.29, 0.717) is 0 Å². The molecule has 0 aliphatic heterocycles. The molecule has 0 saturated carbocycles. The lowest BCUT2D eigenvalue weighted by Crippen LogP contribution is -1.90. The average molecular weight is 246 g/mol. The molecule has 0 spiro atoms. The Kier molecular flexibility index (Phi) is 4.16. The SMILES string of the molecule is CCCCc1ccc(Cl)cc1-c1cccnc1. The average Bonchev–Trinajstić information content (AvgIpc) is 2.38. The minimum Gasteiger partial charge on any atom is -0.264 e. The van der Waals surface area contributed by atoms with Crippen LogP contribution >= 0.6 is 11.6 Å². The molecule has 0 N–H and O–H groups in total. The first-order valence-electron chi connectivity index (χ1n) is 6.00. The largest absolute Gasteiger partial charge is 0.264 e. The lowest BCUT2D eigenvalue weighted by Gasteiger charge is -2.09. The molecular weight excluding hydrogens is 230 g/mol. The number of aromatic nitrogens is 1. The molecule has 2 rings (SSSR count). The first-order valence-corrected chi connectivity index (χ1v) is 6.38. The van der Waals surface area contributed by atoms with Crippen molar-refractivity contribution >= 4 is 11.6 Å². The summed E-state index contributed by atoms with van der Waals surface area (Å²) in [5, 5.41) is 0.782. The van der Waals surface area contributed by atoms with E-state index < -0.39 is 0 Å². The van der Waals surface area contributed by atoms with E-state index in [2.05, 4.69) is 24.0 Å². The molecule has 2 aromatic rings. The second-order valence-corrected chi connectivity index (χ2v) is 4.58. The van der Waals surface area contributed by atoms with Gasteiger partial charge in [-0.05, 0) is 42.2 Å². The molecule has 1 aromatic carbocycles. The summed E-state index contributed by atoms with van der Waals surface area (Å²) in [6, 6.07) is 10.2. The Morgan fingerprint density at radius 2 is 2.12 bits per heavy atom. The number of hydrogen-bond donors (Lipinski definition) is 0. The Labute approximate surface area is 107 Å². The zero-order valence-electron chi connectivity index (χ0n) is 9.99. The van der Waals surface area contributed by atoms with Crippen LogP contribution in [0.25, 0.3) is 11.1 Å². The van der Waals surface area contributed by atoms with E-state index in [-0.39, 0.29) is 0 Å². The van der Waals surface area contributed by atoms with Gasteiger partial charge in [0, 0.05) is 23.0 Å². The fraction of sp³-hybridized carbons (Fsp3) is 0.267. The zero-order chi connectivity index (χ0) is 12.1. The van der Waals surface area contributed by atoms with Crippen molar-refractivity contribution in [1.29, 1.82) is 0 Å². The summed E-state index contributed by atoms with van der Waals surface area (Å²) in [4.78, 5) is 4.17. The normalized spacial score (nSPS) is 10.5. The van der Waals surface area contributed by atoms with Crippen LogP contribution in [0.5, 0.6) is 0 Å². The number of pyridine rings is 1. The molecule has 0 amide bonds. The maximum atomic E-state index is 6.08. The molecule has 0 bridgehead atoms. The molecule has 0 radical (unpaired) electrons. The van der Waals surface area contributed by atoms with E-state index in [4.69, 9.17) is 11.6 Å². The Morgan fingerprint density at radius 1 is 1.24 bits per heavy atom. The summed E-state index contributed by atoms with van der Waals surface area (Å²) in [5.41, 5.74) is 3.70. The van der Waals surface area contributed by atoms with Gasteiger partial charge in [-0.2, -0.15) is 0 Å². The van der Waals surface area contributed by atoms with Crippen molar-refractivity contribution in [2.24, 2.45) is 0 Å². The number of hydrogen-bond acceptors (Lipinski definition) is 1. The molecule has 0 saturated heterocycles. The van der Waals surface area contributed by atoms with Gasteiger partial charge in [0.1, 0.15) is 0 Å². The minimum absolute atomic E-state index is 0.782. The highest BCUT2D eigenvalue weighted by molar-refractivity contribution is 6.30. The van der Waals surface area contributed by atoms with E-state index in [1.807, 2.05) is 24.4 Å². The molecule has 1 nitrogen and oxygen atoms in total. The van der Waals surface area contributed by atoms with Crippen LogP contribution in [0.2, 0.25) is 5.02 Å². The number of halogens is 1. The number of rotatable bonds is 4. The summed E-state index contributed by atoms with van der Waals surface area (Å²) < 4.78 is 0. The van der Waals surface area contributed by atoms with E-state index in [9.17, 15) is 0 Å². The van der Waals surface area contributed by atoms with Crippen LogP contribution in [0, 0.1) is 0 Å². The first-order chi connectivity index (χ1) is 8.31. The fourth-order valence-corrected chi connectivity index (χ4v) is 2.10. The van der Waals surface area contributed by atoms with Crippen molar-refractivity contribution in [2.45, 2.75) is 26.2 Å². The van der Waals surface area contributed by atoms with Crippen molar-refractivity contribution in [2.75, 3.05) is 0 Å². The third-order valence-corrected chi connectivity index (χ3v) is 3.08. The van der Waals surface area contributed by atoms with Gasteiger partial charge < -0.3 is 0 Å². The van der Waals surface area contributed by atoms with E-state index >= 15 is 0 Å². The lowest BCUT2D eigenvalue weighted by molar-refractivity contribution is 0.796. The smallest absolute Gasteiger partial charge is 0.0412 e. The second-order valence-electron chi connectivity index (χ2n) is 4.15. The standard InChI is InChI=1S/C15H16ClN/c1-2-3-5-12-7-8-14(16)10-15(12)13-6-4-9-17-11-13/h4,6-11H,2-3,5H2,1H3. The van der Waals surface area contributed by atoms with Crippen LogP contribution in [0.1, 0.15) is 25.3 Å². The van der Waals surface area contributed by atoms with Crippen LogP contribution in [0.15, 0.2) is 42.7 Å². The maximum absolute atomic E-state index is 6.08. The molecule has 0 unspecified atom stereocenters. The third kappa shape index (κ3) is 3.07. The highest BCUT2D eigenvalue weighted by atomic mass is 35.5. The van der Waals surface area contributed by atoms with Gasteiger partial charge in [0.05, 0.1) is 0 Å². The van der Waals surface area contributed by atoms with E-state index in [1.54, 1.807) is 6.20 Å². The van der Waals surface area contributed by atoms with Crippen LogP contribution in [0.3, 0.4) is 0 Å². The minimum atomic E-state index is 0.782. The molecule has 1 aromatic heterocycles. The Morgan fingerprint density at radius 3 is 2.82 bits per heavy atom. The number of nitrogens with zero attached hydrogens (tertiary/aromatic N) is 1. The van der Waals surface area contributed by atoms with Crippen LogP contribution < -0.4 is 0 Å². The van der Waals surface area contributed by atoms with Crippen molar-refractivity contribution in [3.05, 3.63) is 53.3 Å². The monoisotopic (exact) mass is 245 g/mol. The molecule has 17 heavy (non-hydrogen) atoms. The Balaban J connectivity index is 2.40.